The molecule has 1 atom stereocenters. The molecule has 2 saturated heterocycles. The molecule has 1 aromatic heterocycles. The molecule has 1 unspecified atom stereocenters. The Morgan fingerprint density at radius 3 is 2.50 bits per heavy atom. The van der Waals surface area contributed by atoms with E-state index in [0.717, 1.165) is 6.42 Å². The van der Waals surface area contributed by atoms with Crippen molar-refractivity contribution < 1.29 is 9.59 Å². The molecule has 2 fully saturated rings. The van der Waals surface area contributed by atoms with Crippen molar-refractivity contribution in [3.8, 4) is 0 Å². The number of hydrogen-bond donors (Lipinski definition) is 1. The van der Waals surface area contributed by atoms with E-state index in [2.05, 4.69) is 10.3 Å². The predicted octanol–water partition coefficient (Wildman–Crippen LogP) is 0.146. The fourth-order valence-corrected chi connectivity index (χ4v) is 1.78. The van der Waals surface area contributed by atoms with Crippen molar-refractivity contribution in [1.29, 1.82) is 0 Å². The van der Waals surface area contributed by atoms with Gasteiger partial charge in [0, 0.05) is 18.8 Å². The van der Waals surface area contributed by atoms with Gasteiger partial charge >= 0.3 is 0 Å². The zero-order valence-electron chi connectivity index (χ0n) is 8.80. The summed E-state index contributed by atoms with van der Waals surface area (Å²) in [5.74, 6) is 0.0707. The standard InChI is InChI=1S/C6H8N2O2.C5H5N/c9-5-3-8-4(7-5)1-2-6(8)10;1-2-4-6-5-3-1/h4H,1-3H2,(H,7,9);1-5H. The van der Waals surface area contributed by atoms with Crippen molar-refractivity contribution in [3.63, 3.8) is 0 Å². The Morgan fingerprint density at radius 1 is 1.25 bits per heavy atom. The fraction of sp³-hybridized carbons (Fsp3) is 0.364. The predicted molar refractivity (Wildman–Crippen MR) is 57.1 cm³/mol. The second-order valence-electron chi connectivity index (χ2n) is 3.67. The number of nitrogens with zero attached hydrogens (tertiary/aromatic N) is 2. The van der Waals surface area contributed by atoms with Gasteiger partial charge in [0.25, 0.3) is 0 Å². The van der Waals surface area contributed by atoms with E-state index in [1.165, 1.54) is 0 Å². The SMILES string of the molecule is O=C1CN2C(=O)CCC2N1.c1ccncc1. The summed E-state index contributed by atoms with van der Waals surface area (Å²) in [6.45, 7) is 0.267. The Bertz CT molecular complexity index is 353. The lowest BCUT2D eigenvalue weighted by atomic mass is 10.3. The molecule has 5 heteroatoms. The van der Waals surface area contributed by atoms with Crippen LogP contribution >= 0.6 is 0 Å². The van der Waals surface area contributed by atoms with Gasteiger partial charge in [0.15, 0.2) is 0 Å². The number of carbonyl (C=O) groups is 2. The summed E-state index contributed by atoms with van der Waals surface area (Å²) in [4.78, 5) is 27.0. The summed E-state index contributed by atoms with van der Waals surface area (Å²) >= 11 is 0. The molecule has 0 bridgehead atoms. The van der Waals surface area contributed by atoms with E-state index in [1.54, 1.807) is 17.3 Å². The maximum Gasteiger partial charge on any atom is 0.241 e. The minimum atomic E-state index is -0.0296. The van der Waals surface area contributed by atoms with E-state index >= 15 is 0 Å². The van der Waals surface area contributed by atoms with Gasteiger partial charge in [-0.25, -0.2) is 0 Å². The summed E-state index contributed by atoms with van der Waals surface area (Å²) in [6.07, 6.45) is 4.88. The molecule has 0 saturated carbocycles. The molecule has 2 amide bonds. The van der Waals surface area contributed by atoms with Crippen molar-refractivity contribution in [2.75, 3.05) is 6.54 Å². The third-order valence-corrected chi connectivity index (χ3v) is 2.54. The first kappa shape index (κ1) is 10.6. The third-order valence-electron chi connectivity index (χ3n) is 2.54. The monoisotopic (exact) mass is 219 g/mol. The first-order valence-corrected chi connectivity index (χ1v) is 5.21. The molecule has 2 aliphatic heterocycles. The van der Waals surface area contributed by atoms with E-state index in [9.17, 15) is 9.59 Å². The lowest BCUT2D eigenvalue weighted by molar-refractivity contribution is -0.129. The molecule has 0 aromatic carbocycles. The molecule has 3 heterocycles. The molecule has 0 aliphatic carbocycles. The lowest BCUT2D eigenvalue weighted by Gasteiger charge is -2.11. The summed E-state index contributed by atoms with van der Waals surface area (Å²) < 4.78 is 0. The number of nitrogens with one attached hydrogen (secondary N) is 1. The normalized spacial score (nSPS) is 22.2. The molecule has 1 aromatic rings. The van der Waals surface area contributed by atoms with Crippen molar-refractivity contribution in [1.82, 2.24) is 15.2 Å². The molecule has 0 spiro atoms. The van der Waals surface area contributed by atoms with Crippen molar-refractivity contribution in [2.45, 2.75) is 19.0 Å². The lowest BCUT2D eigenvalue weighted by Crippen LogP contribution is -2.31. The number of amides is 2. The van der Waals surface area contributed by atoms with Gasteiger partial charge in [0.1, 0.15) is 12.7 Å². The Kier molecular flexibility index (Phi) is 3.14. The summed E-state index contributed by atoms with van der Waals surface area (Å²) in [5.41, 5.74) is 0. The Labute approximate surface area is 93.5 Å². The minimum absolute atomic E-state index is 0.0139. The van der Waals surface area contributed by atoms with Crippen LogP contribution in [0.4, 0.5) is 0 Å². The van der Waals surface area contributed by atoms with Gasteiger partial charge in [-0.05, 0) is 18.6 Å². The highest BCUT2D eigenvalue weighted by Gasteiger charge is 2.37. The number of rotatable bonds is 0. The number of hydrogen-bond acceptors (Lipinski definition) is 3. The number of carbonyl (C=O) groups excluding carboxylic acids is 2. The van der Waals surface area contributed by atoms with Gasteiger partial charge in [-0.15, -0.1) is 0 Å². The molecule has 1 N–H and O–H groups in total. The van der Waals surface area contributed by atoms with E-state index in [-0.39, 0.29) is 24.5 Å². The van der Waals surface area contributed by atoms with Crippen LogP contribution in [0.1, 0.15) is 12.8 Å². The minimum Gasteiger partial charge on any atom is -0.334 e. The van der Waals surface area contributed by atoms with Gasteiger partial charge in [-0.1, -0.05) is 6.07 Å². The summed E-state index contributed by atoms with van der Waals surface area (Å²) in [6, 6.07) is 5.72. The first-order chi connectivity index (χ1) is 7.77. The number of pyridine rings is 1. The zero-order chi connectivity index (χ0) is 11.4. The maximum atomic E-state index is 10.9. The fourth-order valence-electron chi connectivity index (χ4n) is 1.78. The van der Waals surface area contributed by atoms with E-state index in [0.29, 0.717) is 6.42 Å². The van der Waals surface area contributed by atoms with Crippen LogP contribution in [-0.2, 0) is 9.59 Å². The van der Waals surface area contributed by atoms with Crippen molar-refractivity contribution >= 4 is 11.8 Å². The number of aromatic nitrogens is 1. The van der Waals surface area contributed by atoms with E-state index in [1.807, 2.05) is 18.2 Å². The van der Waals surface area contributed by atoms with Gasteiger partial charge in [0.05, 0.1) is 0 Å². The highest BCUT2D eigenvalue weighted by molar-refractivity contribution is 5.90. The maximum absolute atomic E-state index is 10.9. The van der Waals surface area contributed by atoms with Crippen molar-refractivity contribution in [3.05, 3.63) is 30.6 Å². The second kappa shape index (κ2) is 4.74. The number of fused-ring (bicyclic) bond motifs is 1. The molecule has 3 rings (SSSR count). The Balaban J connectivity index is 0.000000138. The van der Waals surface area contributed by atoms with Crippen LogP contribution in [0.3, 0.4) is 0 Å². The average molecular weight is 219 g/mol. The van der Waals surface area contributed by atoms with Gasteiger partial charge in [-0.3, -0.25) is 14.6 Å². The smallest absolute Gasteiger partial charge is 0.241 e. The molecule has 5 nitrogen and oxygen atoms in total. The van der Waals surface area contributed by atoms with E-state index in [4.69, 9.17) is 0 Å². The first-order valence-electron chi connectivity index (χ1n) is 5.21. The van der Waals surface area contributed by atoms with Crippen LogP contribution in [0.2, 0.25) is 0 Å². The van der Waals surface area contributed by atoms with Gasteiger partial charge in [0.2, 0.25) is 11.8 Å². The molecular weight excluding hydrogens is 206 g/mol. The molecule has 16 heavy (non-hydrogen) atoms. The van der Waals surface area contributed by atoms with Gasteiger partial charge < -0.3 is 10.2 Å². The molecule has 2 aliphatic rings. The van der Waals surface area contributed by atoms with Gasteiger partial charge in [-0.2, -0.15) is 0 Å². The van der Waals surface area contributed by atoms with Crippen LogP contribution in [0, 0.1) is 0 Å². The topological polar surface area (TPSA) is 62.3 Å². The summed E-state index contributed by atoms with van der Waals surface area (Å²) in [7, 11) is 0. The zero-order valence-corrected chi connectivity index (χ0v) is 8.80. The van der Waals surface area contributed by atoms with Crippen LogP contribution in [0.15, 0.2) is 30.6 Å². The van der Waals surface area contributed by atoms with Crippen LogP contribution in [0.25, 0.3) is 0 Å². The molecular formula is C11H13N3O2. The van der Waals surface area contributed by atoms with E-state index < -0.39 is 0 Å². The van der Waals surface area contributed by atoms with Crippen LogP contribution in [0.5, 0.6) is 0 Å². The van der Waals surface area contributed by atoms with Crippen LogP contribution in [-0.4, -0.2) is 34.4 Å². The largest absolute Gasteiger partial charge is 0.334 e. The highest BCUT2D eigenvalue weighted by Crippen LogP contribution is 2.19. The van der Waals surface area contributed by atoms with Crippen LogP contribution < -0.4 is 5.32 Å². The second-order valence-corrected chi connectivity index (χ2v) is 3.67. The van der Waals surface area contributed by atoms with Crippen molar-refractivity contribution in [2.24, 2.45) is 0 Å². The molecule has 84 valence electrons. The highest BCUT2D eigenvalue weighted by atomic mass is 16.2. The third kappa shape index (κ3) is 2.36. The Morgan fingerprint density at radius 2 is 2.00 bits per heavy atom. The average Bonchev–Trinajstić information content (AvgIpc) is 2.84. The quantitative estimate of drug-likeness (QED) is 0.675. The Hall–Kier alpha value is -1.91. The molecule has 0 radical (unpaired) electrons. The summed E-state index contributed by atoms with van der Waals surface area (Å²) in [5, 5.41) is 2.71.